The molecular weight excluding hydrogens is 472 g/mol. The molecule has 1 amide bonds. The molecule has 4 aromatic carbocycles. The van der Waals surface area contributed by atoms with E-state index in [1.807, 2.05) is 97.1 Å². The molecule has 38 heavy (non-hydrogen) atoms. The molecule has 192 valence electrons. The minimum Gasteiger partial charge on any atom is -0.469 e. The highest BCUT2D eigenvalue weighted by molar-refractivity contribution is 5.95. The summed E-state index contributed by atoms with van der Waals surface area (Å²) >= 11 is 0. The highest BCUT2D eigenvalue weighted by Gasteiger charge is 2.31. The van der Waals surface area contributed by atoms with Crippen LogP contribution in [0.3, 0.4) is 0 Å². The van der Waals surface area contributed by atoms with E-state index in [0.717, 1.165) is 27.8 Å². The molecule has 2 atom stereocenters. The Morgan fingerprint density at radius 3 is 2.00 bits per heavy atom. The third-order valence-corrected chi connectivity index (χ3v) is 6.61. The number of esters is 1. The van der Waals surface area contributed by atoms with Crippen LogP contribution in [0.25, 0.3) is 16.8 Å². The van der Waals surface area contributed by atoms with E-state index in [9.17, 15) is 9.59 Å². The van der Waals surface area contributed by atoms with Crippen molar-refractivity contribution in [2.45, 2.75) is 18.9 Å². The molecule has 0 saturated carbocycles. The number of amides is 1. The molecule has 0 heterocycles. The Labute approximate surface area is 224 Å². The van der Waals surface area contributed by atoms with Gasteiger partial charge in [-0.15, -0.1) is 0 Å². The summed E-state index contributed by atoms with van der Waals surface area (Å²) in [5.41, 5.74) is 11.7. The maximum Gasteiger partial charge on any atom is 0.311 e. The molecular formula is C33H32N2O3. The van der Waals surface area contributed by atoms with Crippen LogP contribution in [0.15, 0.2) is 116 Å². The van der Waals surface area contributed by atoms with Gasteiger partial charge in [0.25, 0.3) is 5.91 Å². The Bertz CT molecular complexity index is 1380. The molecule has 0 spiro atoms. The largest absolute Gasteiger partial charge is 0.469 e. The lowest BCUT2D eigenvalue weighted by molar-refractivity contribution is -0.146. The molecule has 4 aromatic rings. The number of ether oxygens (including phenoxy) is 1. The molecule has 2 unspecified atom stereocenters. The van der Waals surface area contributed by atoms with Gasteiger partial charge in [-0.05, 0) is 58.9 Å². The molecule has 0 aliphatic carbocycles. The Hall–Kier alpha value is -4.64. The Kier molecular flexibility index (Phi) is 8.73. The summed E-state index contributed by atoms with van der Waals surface area (Å²) < 4.78 is 5.20. The minimum absolute atomic E-state index is 0.247. The van der Waals surface area contributed by atoms with Gasteiger partial charge >= 0.3 is 5.97 Å². The molecule has 5 nitrogen and oxygen atoms in total. The topological polar surface area (TPSA) is 81.4 Å². The second-order valence-electron chi connectivity index (χ2n) is 9.27. The van der Waals surface area contributed by atoms with Crippen LogP contribution < -0.4 is 11.1 Å². The molecule has 0 fully saturated rings. The number of carbonyl (C=O) groups is 2. The van der Waals surface area contributed by atoms with E-state index in [1.165, 1.54) is 7.11 Å². The van der Waals surface area contributed by atoms with Gasteiger partial charge in [-0.2, -0.15) is 0 Å². The molecule has 4 rings (SSSR count). The lowest BCUT2D eigenvalue weighted by Crippen LogP contribution is -2.46. The maximum absolute atomic E-state index is 13.4. The number of methoxy groups -OCH3 is 1. The average Bonchev–Trinajstić information content (AvgIpc) is 2.96. The first-order chi connectivity index (χ1) is 18.4. The second kappa shape index (κ2) is 12.5. The summed E-state index contributed by atoms with van der Waals surface area (Å²) in [5, 5.41) is 3.13. The fourth-order valence-corrected chi connectivity index (χ4v) is 4.55. The van der Waals surface area contributed by atoms with Crippen LogP contribution in [0.1, 0.15) is 27.0 Å². The van der Waals surface area contributed by atoms with Gasteiger partial charge in [-0.25, -0.2) is 0 Å². The zero-order valence-corrected chi connectivity index (χ0v) is 21.5. The number of hydrogen-bond acceptors (Lipinski definition) is 4. The average molecular weight is 505 g/mol. The van der Waals surface area contributed by atoms with E-state index in [-0.39, 0.29) is 11.9 Å². The predicted molar refractivity (Wildman–Crippen MR) is 152 cm³/mol. The Morgan fingerprint density at radius 2 is 1.37 bits per heavy atom. The maximum atomic E-state index is 13.4. The summed E-state index contributed by atoms with van der Waals surface area (Å²) in [6.07, 6.45) is 0.844. The van der Waals surface area contributed by atoms with E-state index < -0.39 is 12.0 Å². The van der Waals surface area contributed by atoms with E-state index >= 15 is 0 Å². The van der Waals surface area contributed by atoms with Gasteiger partial charge in [-0.3, -0.25) is 9.59 Å². The van der Waals surface area contributed by atoms with Crippen molar-refractivity contribution in [2.24, 2.45) is 11.7 Å². The van der Waals surface area contributed by atoms with Gasteiger partial charge in [0.05, 0.1) is 13.0 Å². The van der Waals surface area contributed by atoms with Gasteiger partial charge in [0.2, 0.25) is 0 Å². The monoisotopic (exact) mass is 504 g/mol. The Balaban J connectivity index is 1.61. The van der Waals surface area contributed by atoms with Crippen molar-refractivity contribution in [1.29, 1.82) is 0 Å². The fourth-order valence-electron chi connectivity index (χ4n) is 4.55. The smallest absolute Gasteiger partial charge is 0.311 e. The lowest BCUT2D eigenvalue weighted by Gasteiger charge is -2.27. The van der Waals surface area contributed by atoms with Crippen LogP contribution in [0, 0.1) is 5.92 Å². The van der Waals surface area contributed by atoms with E-state index in [1.54, 1.807) is 12.1 Å². The van der Waals surface area contributed by atoms with Gasteiger partial charge in [-0.1, -0.05) is 97.6 Å². The molecule has 0 saturated heterocycles. The molecule has 0 aromatic heterocycles. The summed E-state index contributed by atoms with van der Waals surface area (Å²) in [6.45, 7) is 3.82. The number of nitrogens with one attached hydrogen (secondary N) is 1. The summed E-state index contributed by atoms with van der Waals surface area (Å²) in [6, 6.07) is 34.4. The van der Waals surface area contributed by atoms with Crippen LogP contribution in [0.5, 0.6) is 0 Å². The van der Waals surface area contributed by atoms with E-state index in [0.29, 0.717) is 24.1 Å². The second-order valence-corrected chi connectivity index (χ2v) is 9.27. The molecule has 0 aliphatic heterocycles. The first-order valence-electron chi connectivity index (χ1n) is 12.6. The van der Waals surface area contributed by atoms with E-state index in [2.05, 4.69) is 11.9 Å². The molecule has 0 radical (unpaired) electrons. The standard InChI is InChI=1S/C33H32N2O3/c1-23(34)29-15-9-12-25(20-29)21-30(33(37)38-2)31(22-24-10-5-3-6-11-24)35-32(36)28-18-16-27(17-19-28)26-13-7-4-8-14-26/h3-20,30-31H,1,21-22,34H2,2H3,(H,35,36). The summed E-state index contributed by atoms with van der Waals surface area (Å²) in [7, 11) is 1.37. The zero-order chi connectivity index (χ0) is 26.9. The number of hydrogen-bond donors (Lipinski definition) is 2. The summed E-state index contributed by atoms with van der Waals surface area (Å²) in [4.78, 5) is 26.5. The number of rotatable bonds is 10. The van der Waals surface area contributed by atoms with Gasteiger partial charge in [0, 0.05) is 17.3 Å². The number of benzene rings is 4. The zero-order valence-electron chi connectivity index (χ0n) is 21.5. The molecule has 3 N–H and O–H groups in total. The van der Waals surface area contributed by atoms with Crippen molar-refractivity contribution in [2.75, 3.05) is 7.11 Å². The third-order valence-electron chi connectivity index (χ3n) is 6.61. The SMILES string of the molecule is C=C(N)c1cccc(CC(C(=O)OC)C(Cc2ccccc2)NC(=O)c2ccc(-c3ccccc3)cc2)c1. The van der Waals surface area contributed by atoms with Crippen LogP contribution in [0.4, 0.5) is 0 Å². The quantitative estimate of drug-likeness (QED) is 0.273. The van der Waals surface area contributed by atoms with E-state index in [4.69, 9.17) is 10.5 Å². The van der Waals surface area contributed by atoms with Gasteiger partial charge < -0.3 is 15.8 Å². The normalized spacial score (nSPS) is 12.2. The summed E-state index contributed by atoms with van der Waals surface area (Å²) in [5.74, 6) is -1.25. The Morgan fingerprint density at radius 1 is 0.763 bits per heavy atom. The fraction of sp³-hybridized carbons (Fsp3) is 0.152. The molecule has 0 aliphatic rings. The van der Waals surface area contributed by atoms with Crippen molar-refractivity contribution in [3.8, 4) is 11.1 Å². The molecule has 0 bridgehead atoms. The first-order valence-corrected chi connectivity index (χ1v) is 12.6. The lowest BCUT2D eigenvalue weighted by atomic mass is 9.87. The van der Waals surface area contributed by atoms with Gasteiger partial charge in [0.15, 0.2) is 0 Å². The van der Waals surface area contributed by atoms with Crippen LogP contribution in [-0.4, -0.2) is 25.0 Å². The van der Waals surface area contributed by atoms with Gasteiger partial charge in [0.1, 0.15) is 0 Å². The minimum atomic E-state index is -0.617. The van der Waals surface area contributed by atoms with Crippen LogP contribution in [0.2, 0.25) is 0 Å². The third kappa shape index (κ3) is 6.77. The number of carbonyl (C=O) groups excluding carboxylic acids is 2. The van der Waals surface area contributed by atoms with Crippen molar-refractivity contribution in [3.63, 3.8) is 0 Å². The van der Waals surface area contributed by atoms with Crippen LogP contribution >= 0.6 is 0 Å². The first kappa shape index (κ1) is 26.4. The van der Waals surface area contributed by atoms with Crippen molar-refractivity contribution in [3.05, 3.63) is 138 Å². The van der Waals surface area contributed by atoms with Crippen LogP contribution in [-0.2, 0) is 22.4 Å². The predicted octanol–water partition coefficient (Wildman–Crippen LogP) is 5.66. The van der Waals surface area contributed by atoms with Crippen molar-refractivity contribution >= 4 is 17.6 Å². The number of nitrogens with two attached hydrogens (primary N) is 1. The highest BCUT2D eigenvalue weighted by atomic mass is 16.5. The highest BCUT2D eigenvalue weighted by Crippen LogP contribution is 2.22. The van der Waals surface area contributed by atoms with Crippen molar-refractivity contribution in [1.82, 2.24) is 5.32 Å². The molecule has 5 heteroatoms. The van der Waals surface area contributed by atoms with Crippen molar-refractivity contribution < 1.29 is 14.3 Å².